The van der Waals surface area contributed by atoms with E-state index in [0.717, 1.165) is 16.4 Å². The minimum atomic E-state index is -0.117. The van der Waals surface area contributed by atoms with Crippen molar-refractivity contribution in [3.63, 3.8) is 0 Å². The molecule has 1 aliphatic heterocycles. The van der Waals surface area contributed by atoms with Crippen LogP contribution in [0, 0.1) is 5.92 Å². The molecule has 0 unspecified atom stereocenters. The van der Waals surface area contributed by atoms with Crippen LogP contribution in [0.25, 0.3) is 0 Å². The number of furan rings is 1. The summed E-state index contributed by atoms with van der Waals surface area (Å²) in [6.07, 6.45) is 1.18. The van der Waals surface area contributed by atoms with Gasteiger partial charge in [-0.3, -0.25) is 9.59 Å². The Bertz CT molecular complexity index is 876. The third kappa shape index (κ3) is 3.26. The third-order valence-corrected chi connectivity index (χ3v) is 6.23. The second-order valence-corrected chi connectivity index (χ2v) is 8.63. The molecule has 6 heteroatoms. The Hall–Kier alpha value is -2.21. The van der Waals surface area contributed by atoms with Gasteiger partial charge in [0.25, 0.3) is 5.91 Å². The second-order valence-electron chi connectivity index (χ2n) is 7.25. The first-order valence-corrected chi connectivity index (χ1v) is 9.76. The topological polar surface area (TPSA) is 62.6 Å². The number of fused-ring (bicyclic) bond motifs is 1. The van der Waals surface area contributed by atoms with E-state index in [1.807, 2.05) is 31.2 Å². The molecule has 2 aromatic rings. The zero-order chi connectivity index (χ0) is 18.4. The van der Waals surface area contributed by atoms with Crippen LogP contribution in [0.5, 0.6) is 0 Å². The standard InChI is InChI=1S/C20H22N2O3S/c1-11-8-15(11)17-6-5-14(25-17)10-22(3)20(24)13-4-7-18-16(9-13)21-19(23)12(2)26-18/h4-7,9,11-12,15H,8,10H2,1-3H3,(H,21,23)/t11-,12+,15+/m1/s1. The molecule has 136 valence electrons. The number of benzene rings is 1. The number of carbonyl (C=O) groups is 2. The summed E-state index contributed by atoms with van der Waals surface area (Å²) in [4.78, 5) is 27.2. The summed E-state index contributed by atoms with van der Waals surface area (Å²) in [5.74, 6) is 2.93. The number of hydrogen-bond donors (Lipinski definition) is 1. The Morgan fingerprint density at radius 2 is 2.08 bits per heavy atom. The van der Waals surface area contributed by atoms with Crippen LogP contribution >= 0.6 is 11.8 Å². The summed E-state index contributed by atoms with van der Waals surface area (Å²) in [7, 11) is 1.76. The highest BCUT2D eigenvalue weighted by molar-refractivity contribution is 8.00. The first-order valence-electron chi connectivity index (χ1n) is 8.88. The Morgan fingerprint density at radius 1 is 1.31 bits per heavy atom. The molecule has 1 fully saturated rings. The molecule has 1 aromatic heterocycles. The Morgan fingerprint density at radius 3 is 2.81 bits per heavy atom. The molecule has 0 bridgehead atoms. The quantitative estimate of drug-likeness (QED) is 0.880. The summed E-state index contributed by atoms with van der Waals surface area (Å²) in [6, 6.07) is 9.44. The second kappa shape index (κ2) is 6.50. The van der Waals surface area contributed by atoms with Crippen molar-refractivity contribution in [2.45, 2.75) is 42.9 Å². The molecule has 2 amide bonds. The van der Waals surface area contributed by atoms with Gasteiger partial charge in [0.2, 0.25) is 5.91 Å². The van der Waals surface area contributed by atoms with Crippen LogP contribution in [0.15, 0.2) is 39.6 Å². The fourth-order valence-corrected chi connectivity index (χ4v) is 4.20. The van der Waals surface area contributed by atoms with Gasteiger partial charge in [-0.1, -0.05) is 6.92 Å². The van der Waals surface area contributed by atoms with Crippen molar-refractivity contribution in [3.05, 3.63) is 47.4 Å². The van der Waals surface area contributed by atoms with Crippen molar-refractivity contribution in [1.82, 2.24) is 4.90 Å². The summed E-state index contributed by atoms with van der Waals surface area (Å²) in [6.45, 7) is 4.52. The molecule has 5 nitrogen and oxygen atoms in total. The predicted octanol–water partition coefficient (Wildman–Crippen LogP) is 4.11. The van der Waals surface area contributed by atoms with Gasteiger partial charge in [-0.05, 0) is 49.6 Å². The SMILES string of the molecule is C[C@@H]1Sc2ccc(C(=O)N(C)Cc3ccc([C@H]4C[C@H]4C)o3)cc2NC1=O. The summed E-state index contributed by atoms with van der Waals surface area (Å²) in [5.41, 5.74) is 1.27. The fraction of sp³-hybridized carbons (Fsp3) is 0.400. The number of anilines is 1. The van der Waals surface area contributed by atoms with Crippen molar-refractivity contribution in [2.24, 2.45) is 5.92 Å². The van der Waals surface area contributed by atoms with Crippen molar-refractivity contribution in [3.8, 4) is 0 Å². The molecule has 0 spiro atoms. The van der Waals surface area contributed by atoms with Gasteiger partial charge in [0, 0.05) is 23.4 Å². The monoisotopic (exact) mass is 370 g/mol. The van der Waals surface area contributed by atoms with Crippen molar-refractivity contribution < 1.29 is 14.0 Å². The van der Waals surface area contributed by atoms with E-state index in [9.17, 15) is 9.59 Å². The molecule has 1 aromatic carbocycles. The number of nitrogens with one attached hydrogen (secondary N) is 1. The van der Waals surface area contributed by atoms with E-state index in [2.05, 4.69) is 12.2 Å². The van der Waals surface area contributed by atoms with Crippen LogP contribution in [0.1, 0.15) is 48.1 Å². The molecule has 2 heterocycles. The van der Waals surface area contributed by atoms with Gasteiger partial charge in [-0.15, -0.1) is 11.8 Å². The Labute approximate surface area is 157 Å². The average molecular weight is 370 g/mol. The number of amides is 2. The van der Waals surface area contributed by atoms with E-state index in [1.165, 1.54) is 18.2 Å². The highest BCUT2D eigenvalue weighted by Crippen LogP contribution is 2.47. The molecule has 1 saturated carbocycles. The molecule has 2 aliphatic rings. The summed E-state index contributed by atoms with van der Waals surface area (Å²) >= 11 is 1.51. The van der Waals surface area contributed by atoms with Crippen LogP contribution in [0.4, 0.5) is 5.69 Å². The van der Waals surface area contributed by atoms with Crippen LogP contribution in [0.2, 0.25) is 0 Å². The molecule has 0 saturated heterocycles. The summed E-state index contributed by atoms with van der Waals surface area (Å²) < 4.78 is 5.90. The fourth-order valence-electron chi connectivity index (χ4n) is 3.27. The van der Waals surface area contributed by atoms with Gasteiger partial charge in [-0.25, -0.2) is 0 Å². The normalized spacial score (nSPS) is 24.0. The Balaban J connectivity index is 1.46. The van der Waals surface area contributed by atoms with Crippen LogP contribution < -0.4 is 5.32 Å². The smallest absolute Gasteiger partial charge is 0.254 e. The Kier molecular flexibility index (Phi) is 4.31. The van der Waals surface area contributed by atoms with Gasteiger partial charge in [0.15, 0.2) is 0 Å². The number of carbonyl (C=O) groups excluding carboxylic acids is 2. The van der Waals surface area contributed by atoms with Crippen molar-refractivity contribution in [2.75, 3.05) is 12.4 Å². The lowest BCUT2D eigenvalue weighted by Crippen LogP contribution is -2.28. The van der Waals surface area contributed by atoms with E-state index in [1.54, 1.807) is 18.0 Å². The van der Waals surface area contributed by atoms with Gasteiger partial charge < -0.3 is 14.6 Å². The van der Waals surface area contributed by atoms with E-state index in [-0.39, 0.29) is 17.1 Å². The molecule has 4 rings (SSSR count). The lowest BCUT2D eigenvalue weighted by Gasteiger charge is -2.22. The average Bonchev–Trinajstić information content (AvgIpc) is 3.16. The lowest BCUT2D eigenvalue weighted by molar-refractivity contribution is -0.115. The van der Waals surface area contributed by atoms with E-state index >= 15 is 0 Å². The molecule has 26 heavy (non-hydrogen) atoms. The van der Waals surface area contributed by atoms with E-state index in [0.29, 0.717) is 29.6 Å². The molecule has 0 radical (unpaired) electrons. The van der Waals surface area contributed by atoms with E-state index in [4.69, 9.17) is 4.42 Å². The molecular formula is C20H22N2O3S. The first-order chi connectivity index (χ1) is 12.4. The van der Waals surface area contributed by atoms with Gasteiger partial charge in [0.1, 0.15) is 11.5 Å². The van der Waals surface area contributed by atoms with Gasteiger partial charge in [-0.2, -0.15) is 0 Å². The number of hydrogen-bond acceptors (Lipinski definition) is 4. The van der Waals surface area contributed by atoms with Crippen molar-refractivity contribution >= 4 is 29.3 Å². The minimum absolute atomic E-state index is 0.0297. The first kappa shape index (κ1) is 17.2. The molecule has 1 aliphatic carbocycles. The third-order valence-electron chi connectivity index (χ3n) is 5.05. The van der Waals surface area contributed by atoms with Gasteiger partial charge in [0.05, 0.1) is 17.5 Å². The van der Waals surface area contributed by atoms with Crippen LogP contribution in [-0.4, -0.2) is 29.0 Å². The number of thioether (sulfide) groups is 1. The number of rotatable bonds is 4. The van der Waals surface area contributed by atoms with Crippen LogP contribution in [0.3, 0.4) is 0 Å². The van der Waals surface area contributed by atoms with Gasteiger partial charge >= 0.3 is 0 Å². The maximum absolute atomic E-state index is 12.8. The van der Waals surface area contributed by atoms with E-state index < -0.39 is 0 Å². The lowest BCUT2D eigenvalue weighted by atomic mass is 10.1. The molecular weight excluding hydrogens is 348 g/mol. The van der Waals surface area contributed by atoms with Crippen molar-refractivity contribution in [1.29, 1.82) is 0 Å². The largest absolute Gasteiger partial charge is 0.464 e. The highest BCUT2D eigenvalue weighted by atomic mass is 32.2. The molecule has 3 atom stereocenters. The summed E-state index contributed by atoms with van der Waals surface area (Å²) in [5, 5.41) is 2.75. The predicted molar refractivity (Wildman–Crippen MR) is 101 cm³/mol. The zero-order valence-corrected chi connectivity index (χ0v) is 15.9. The van der Waals surface area contributed by atoms with Crippen LogP contribution in [-0.2, 0) is 11.3 Å². The zero-order valence-electron chi connectivity index (χ0n) is 15.1. The molecule has 1 N–H and O–H groups in total. The number of nitrogens with zero attached hydrogens (tertiary/aromatic N) is 1. The minimum Gasteiger partial charge on any atom is -0.464 e. The highest BCUT2D eigenvalue weighted by Gasteiger charge is 2.36. The maximum Gasteiger partial charge on any atom is 0.254 e. The maximum atomic E-state index is 12.8.